The molecule has 18 heavy (non-hydrogen) atoms. The number of hydrogen-bond donors (Lipinski definition) is 2. The maximum Gasteiger partial charge on any atom is 0.0474 e. The Kier molecular flexibility index (Phi) is 6.37. The van der Waals surface area contributed by atoms with E-state index in [4.69, 9.17) is 5.73 Å². The van der Waals surface area contributed by atoms with Gasteiger partial charge in [-0.15, -0.1) is 0 Å². The van der Waals surface area contributed by atoms with Crippen LogP contribution in [0, 0.1) is 11.8 Å². The second-order valence-electron chi connectivity index (χ2n) is 5.17. The van der Waals surface area contributed by atoms with Gasteiger partial charge in [0.05, 0.1) is 0 Å². The van der Waals surface area contributed by atoms with Crippen LogP contribution in [0.4, 0.5) is 0 Å². The Morgan fingerprint density at radius 1 is 1.17 bits per heavy atom. The molecule has 2 heteroatoms. The van der Waals surface area contributed by atoms with Crippen LogP contribution in [0.15, 0.2) is 18.2 Å². The van der Waals surface area contributed by atoms with Crippen molar-refractivity contribution in [3.63, 3.8) is 0 Å². The number of benzene rings is 1. The number of aryl methyl sites for hydroxylation is 2. The van der Waals surface area contributed by atoms with Crippen molar-refractivity contribution in [1.29, 1.82) is 0 Å². The Balaban J connectivity index is 2.87. The van der Waals surface area contributed by atoms with Crippen molar-refractivity contribution >= 4 is 0 Å². The summed E-state index contributed by atoms with van der Waals surface area (Å²) in [6.45, 7) is 7.32. The van der Waals surface area contributed by atoms with Gasteiger partial charge in [0, 0.05) is 6.61 Å². The zero-order chi connectivity index (χ0) is 13.5. The zero-order valence-electron chi connectivity index (χ0n) is 11.9. The van der Waals surface area contributed by atoms with E-state index >= 15 is 0 Å². The van der Waals surface area contributed by atoms with Crippen molar-refractivity contribution in [2.75, 3.05) is 13.2 Å². The molecule has 0 saturated heterocycles. The standard InChI is InChI=1S/C16H27NO/c1-4-13-6-7-14(5-2)15(9-13)8-12(3)16(10-17)11-18/h6-7,9,12,16,18H,4-5,8,10-11,17H2,1-3H3. The molecule has 1 aromatic rings. The molecule has 0 spiro atoms. The number of aliphatic hydroxyl groups is 1. The third-order valence-corrected chi connectivity index (χ3v) is 3.94. The van der Waals surface area contributed by atoms with E-state index in [1.54, 1.807) is 0 Å². The molecule has 0 amide bonds. The number of hydrogen-bond acceptors (Lipinski definition) is 2. The molecule has 3 N–H and O–H groups in total. The van der Waals surface area contributed by atoms with Crippen molar-refractivity contribution in [1.82, 2.24) is 0 Å². The molecule has 0 saturated carbocycles. The Labute approximate surface area is 111 Å². The summed E-state index contributed by atoms with van der Waals surface area (Å²) in [5, 5.41) is 9.32. The predicted molar refractivity (Wildman–Crippen MR) is 77.7 cm³/mol. The molecule has 2 atom stereocenters. The quantitative estimate of drug-likeness (QED) is 0.780. The van der Waals surface area contributed by atoms with Crippen LogP contribution < -0.4 is 5.73 Å². The lowest BCUT2D eigenvalue weighted by atomic mass is 9.86. The van der Waals surface area contributed by atoms with Gasteiger partial charge in [-0.25, -0.2) is 0 Å². The average molecular weight is 249 g/mol. The van der Waals surface area contributed by atoms with Crippen LogP contribution in [0.3, 0.4) is 0 Å². The lowest BCUT2D eigenvalue weighted by Crippen LogP contribution is -2.26. The normalized spacial score (nSPS) is 14.5. The fourth-order valence-corrected chi connectivity index (χ4v) is 2.43. The molecule has 0 bridgehead atoms. The highest BCUT2D eigenvalue weighted by Crippen LogP contribution is 2.21. The largest absolute Gasteiger partial charge is 0.396 e. The molecule has 0 aliphatic rings. The summed E-state index contributed by atoms with van der Waals surface area (Å²) < 4.78 is 0. The van der Waals surface area contributed by atoms with Gasteiger partial charge in [-0.05, 0) is 54.3 Å². The van der Waals surface area contributed by atoms with Crippen LogP contribution in [0.25, 0.3) is 0 Å². The first-order valence-electron chi connectivity index (χ1n) is 7.07. The highest BCUT2D eigenvalue weighted by molar-refractivity contribution is 5.32. The molecule has 0 fully saturated rings. The maximum absolute atomic E-state index is 9.32. The minimum atomic E-state index is 0.187. The molecule has 2 unspecified atom stereocenters. The van der Waals surface area contributed by atoms with E-state index < -0.39 is 0 Å². The van der Waals surface area contributed by atoms with Gasteiger partial charge in [-0.2, -0.15) is 0 Å². The Morgan fingerprint density at radius 2 is 1.89 bits per heavy atom. The molecular weight excluding hydrogens is 222 g/mol. The Hall–Kier alpha value is -0.860. The lowest BCUT2D eigenvalue weighted by Gasteiger charge is -2.22. The zero-order valence-corrected chi connectivity index (χ0v) is 11.9. The first-order chi connectivity index (χ1) is 8.65. The van der Waals surface area contributed by atoms with Crippen LogP contribution in [0.1, 0.15) is 37.5 Å². The van der Waals surface area contributed by atoms with E-state index in [9.17, 15) is 5.11 Å². The van der Waals surface area contributed by atoms with E-state index in [-0.39, 0.29) is 12.5 Å². The molecule has 0 aliphatic carbocycles. The number of nitrogens with two attached hydrogens (primary N) is 1. The van der Waals surface area contributed by atoms with Gasteiger partial charge in [-0.1, -0.05) is 39.0 Å². The first-order valence-corrected chi connectivity index (χ1v) is 7.07. The second-order valence-corrected chi connectivity index (χ2v) is 5.17. The van der Waals surface area contributed by atoms with E-state index in [0.717, 1.165) is 19.3 Å². The van der Waals surface area contributed by atoms with Gasteiger partial charge >= 0.3 is 0 Å². The summed E-state index contributed by atoms with van der Waals surface area (Å²) in [6, 6.07) is 6.79. The summed E-state index contributed by atoms with van der Waals surface area (Å²) in [6.07, 6.45) is 3.16. The summed E-state index contributed by atoms with van der Waals surface area (Å²) in [5.41, 5.74) is 9.95. The topological polar surface area (TPSA) is 46.2 Å². The lowest BCUT2D eigenvalue weighted by molar-refractivity contribution is 0.187. The summed E-state index contributed by atoms with van der Waals surface area (Å²) in [7, 11) is 0. The highest BCUT2D eigenvalue weighted by atomic mass is 16.3. The fraction of sp³-hybridized carbons (Fsp3) is 0.625. The smallest absolute Gasteiger partial charge is 0.0474 e. The molecule has 2 nitrogen and oxygen atoms in total. The van der Waals surface area contributed by atoms with E-state index in [1.165, 1.54) is 16.7 Å². The Morgan fingerprint density at radius 3 is 2.39 bits per heavy atom. The number of aliphatic hydroxyl groups excluding tert-OH is 1. The second kappa shape index (κ2) is 7.55. The molecule has 102 valence electrons. The molecule has 0 aliphatic heterocycles. The Bertz CT molecular complexity index is 358. The minimum Gasteiger partial charge on any atom is -0.396 e. The van der Waals surface area contributed by atoms with Gasteiger partial charge in [0.1, 0.15) is 0 Å². The third-order valence-electron chi connectivity index (χ3n) is 3.94. The van der Waals surface area contributed by atoms with Crippen molar-refractivity contribution in [2.45, 2.75) is 40.0 Å². The van der Waals surface area contributed by atoms with Crippen molar-refractivity contribution in [3.8, 4) is 0 Å². The van der Waals surface area contributed by atoms with Crippen molar-refractivity contribution in [2.24, 2.45) is 17.6 Å². The SMILES string of the molecule is CCc1ccc(CC)c(CC(C)C(CN)CO)c1. The van der Waals surface area contributed by atoms with Gasteiger partial charge in [-0.3, -0.25) is 0 Å². The monoisotopic (exact) mass is 249 g/mol. The van der Waals surface area contributed by atoms with E-state index in [0.29, 0.717) is 12.5 Å². The van der Waals surface area contributed by atoms with Crippen molar-refractivity contribution in [3.05, 3.63) is 34.9 Å². The molecule has 0 radical (unpaired) electrons. The van der Waals surface area contributed by atoms with Crippen LogP contribution in [-0.2, 0) is 19.3 Å². The first kappa shape index (κ1) is 15.2. The molecular formula is C16H27NO. The van der Waals surface area contributed by atoms with Gasteiger partial charge in [0.25, 0.3) is 0 Å². The van der Waals surface area contributed by atoms with Crippen molar-refractivity contribution < 1.29 is 5.11 Å². The van der Waals surface area contributed by atoms with Crippen LogP contribution in [0.2, 0.25) is 0 Å². The molecule has 1 aromatic carbocycles. The highest BCUT2D eigenvalue weighted by Gasteiger charge is 2.16. The van der Waals surface area contributed by atoms with Gasteiger partial charge in [0.15, 0.2) is 0 Å². The van der Waals surface area contributed by atoms with Gasteiger partial charge in [0.2, 0.25) is 0 Å². The van der Waals surface area contributed by atoms with E-state index in [1.807, 2.05) is 0 Å². The van der Waals surface area contributed by atoms with E-state index in [2.05, 4.69) is 39.0 Å². The summed E-state index contributed by atoms with van der Waals surface area (Å²) >= 11 is 0. The third kappa shape index (κ3) is 3.82. The molecule has 1 rings (SSSR count). The number of rotatable bonds is 7. The maximum atomic E-state index is 9.32. The minimum absolute atomic E-state index is 0.187. The van der Waals surface area contributed by atoms with Crippen LogP contribution in [-0.4, -0.2) is 18.3 Å². The fourth-order valence-electron chi connectivity index (χ4n) is 2.43. The summed E-state index contributed by atoms with van der Waals surface area (Å²) in [5.74, 6) is 0.636. The predicted octanol–water partition coefficient (Wildman–Crippen LogP) is 2.56. The average Bonchev–Trinajstić information content (AvgIpc) is 2.40. The van der Waals surface area contributed by atoms with Gasteiger partial charge < -0.3 is 10.8 Å². The summed E-state index contributed by atoms with van der Waals surface area (Å²) in [4.78, 5) is 0. The molecule has 0 heterocycles. The molecule has 0 aromatic heterocycles. The van der Waals surface area contributed by atoms with Crippen LogP contribution in [0.5, 0.6) is 0 Å². The van der Waals surface area contributed by atoms with Crippen LogP contribution >= 0.6 is 0 Å².